The van der Waals surface area contributed by atoms with Crippen molar-refractivity contribution in [3.63, 3.8) is 0 Å². The van der Waals surface area contributed by atoms with E-state index < -0.39 is 0 Å². The largest absolute Gasteiger partial charge is 2.00 e. The number of hydrogen-bond donors (Lipinski definition) is 0. The van der Waals surface area contributed by atoms with Gasteiger partial charge in [0.25, 0.3) is 0 Å². The minimum absolute atomic E-state index is 0. The smallest absolute Gasteiger partial charge is 0.273 e. The van der Waals surface area contributed by atoms with Crippen LogP contribution in [0.5, 0.6) is 0 Å². The first-order valence-corrected chi connectivity index (χ1v) is 9.57. The topological polar surface area (TPSA) is 0 Å². The van der Waals surface area contributed by atoms with Crippen LogP contribution in [0, 0.1) is 12.1 Å². The van der Waals surface area contributed by atoms with Crippen LogP contribution in [0.2, 0.25) is 0 Å². The van der Waals surface area contributed by atoms with E-state index in [1.54, 1.807) is 0 Å². The molecule has 0 aromatic heterocycles. The molecule has 2 aromatic rings. The van der Waals surface area contributed by atoms with E-state index in [1.165, 1.54) is 33.4 Å². The molecule has 0 atom stereocenters. The van der Waals surface area contributed by atoms with E-state index in [9.17, 15) is 0 Å². The fraction of sp³-hybridized carbons (Fsp3) is 0.385. The van der Waals surface area contributed by atoms with Crippen LogP contribution in [0.4, 0.5) is 0 Å². The minimum Gasteiger partial charge on any atom is -0.273 e. The molecule has 0 nitrogen and oxygen atoms in total. The first kappa shape index (κ1) is 22.1. The number of benzene rings is 2. The average molecular weight is 434 g/mol. The molecule has 0 amide bonds. The van der Waals surface area contributed by atoms with E-state index in [0.717, 1.165) is 12.8 Å². The fourth-order valence-corrected chi connectivity index (χ4v) is 3.37. The molecule has 0 saturated heterocycles. The van der Waals surface area contributed by atoms with Gasteiger partial charge in [-0.05, 0) is 28.4 Å². The average Bonchev–Trinajstić information content (AvgIpc) is 3.23. The van der Waals surface area contributed by atoms with Crippen molar-refractivity contribution >= 4 is 0 Å². The van der Waals surface area contributed by atoms with Gasteiger partial charge in [0, 0.05) is 0 Å². The van der Waals surface area contributed by atoms with Crippen LogP contribution in [0.25, 0.3) is 11.1 Å². The Morgan fingerprint density at radius 3 is 2.07 bits per heavy atom. The van der Waals surface area contributed by atoms with E-state index >= 15 is 0 Å². The zero-order valence-electron chi connectivity index (χ0n) is 17.5. The van der Waals surface area contributed by atoms with Gasteiger partial charge in [0.2, 0.25) is 0 Å². The van der Waals surface area contributed by atoms with E-state index in [4.69, 9.17) is 0 Å². The van der Waals surface area contributed by atoms with Crippen LogP contribution in [0.3, 0.4) is 0 Å². The van der Waals surface area contributed by atoms with Crippen LogP contribution in [-0.2, 0) is 43.5 Å². The molecule has 0 aliphatic heterocycles. The van der Waals surface area contributed by atoms with Crippen molar-refractivity contribution in [3.8, 4) is 11.1 Å². The predicted molar refractivity (Wildman–Crippen MR) is 112 cm³/mol. The Hall–Kier alpha value is -1.20. The van der Waals surface area contributed by atoms with Gasteiger partial charge in [0.05, 0.1) is 0 Å². The molecule has 27 heavy (non-hydrogen) atoms. The molecule has 0 spiro atoms. The summed E-state index contributed by atoms with van der Waals surface area (Å²) in [7, 11) is 0. The molecule has 0 N–H and O–H groups in total. The summed E-state index contributed by atoms with van der Waals surface area (Å²) in [5.41, 5.74) is 8.70. The standard InChI is InChI=1S/C21H25.C5H5.Zr/c1-20(2,3)16-7-9-18-14(12-16)11-15-13-17(21(4,5)6)8-10-19(15)18;1-2-4-5-3-1;/h7-10,12H,11H2,1-6H3;1-3H,4H2;/q2*-1;+2. The summed E-state index contributed by atoms with van der Waals surface area (Å²) < 4.78 is 0. The van der Waals surface area contributed by atoms with Crippen LogP contribution in [0.15, 0.2) is 48.6 Å². The molecule has 0 heterocycles. The first-order valence-electron chi connectivity index (χ1n) is 9.57. The zero-order valence-corrected chi connectivity index (χ0v) is 20.0. The van der Waals surface area contributed by atoms with Gasteiger partial charge in [-0.2, -0.15) is 29.8 Å². The monoisotopic (exact) mass is 432 g/mol. The quantitative estimate of drug-likeness (QED) is 0.336. The number of hydrogen-bond acceptors (Lipinski definition) is 0. The van der Waals surface area contributed by atoms with Crippen LogP contribution < -0.4 is 0 Å². The summed E-state index contributed by atoms with van der Waals surface area (Å²) in [6, 6.07) is 15.2. The zero-order chi connectivity index (χ0) is 18.9. The van der Waals surface area contributed by atoms with Crippen LogP contribution >= 0.6 is 0 Å². The summed E-state index contributed by atoms with van der Waals surface area (Å²) in [5.74, 6) is 0. The molecule has 2 aromatic carbocycles. The molecule has 4 rings (SSSR count). The normalized spacial score (nSPS) is 14.1. The molecule has 138 valence electrons. The molecule has 2 aliphatic carbocycles. The fourth-order valence-electron chi connectivity index (χ4n) is 3.37. The third kappa shape index (κ3) is 5.20. The summed E-state index contributed by atoms with van der Waals surface area (Å²) in [6.45, 7) is 13.6. The summed E-state index contributed by atoms with van der Waals surface area (Å²) >= 11 is 0. The molecule has 1 heteroatoms. The summed E-state index contributed by atoms with van der Waals surface area (Å²) in [6.07, 6.45) is 11.0. The van der Waals surface area contributed by atoms with Crippen molar-refractivity contribution in [2.75, 3.05) is 0 Å². The van der Waals surface area contributed by atoms with Crippen LogP contribution in [0.1, 0.15) is 70.2 Å². The Kier molecular flexibility index (Phi) is 6.91. The Morgan fingerprint density at radius 1 is 0.852 bits per heavy atom. The van der Waals surface area contributed by atoms with Crippen molar-refractivity contribution < 1.29 is 26.2 Å². The first-order chi connectivity index (χ1) is 12.2. The summed E-state index contributed by atoms with van der Waals surface area (Å²) in [5, 5.41) is 0. The second-order valence-corrected chi connectivity index (χ2v) is 9.32. The van der Waals surface area contributed by atoms with E-state index in [2.05, 4.69) is 90.1 Å². The van der Waals surface area contributed by atoms with Crippen molar-refractivity contribution in [2.45, 2.75) is 65.2 Å². The van der Waals surface area contributed by atoms with Crippen molar-refractivity contribution in [2.24, 2.45) is 0 Å². The third-order valence-electron chi connectivity index (χ3n) is 5.05. The molecule has 0 fully saturated rings. The molecule has 2 aliphatic rings. The third-order valence-corrected chi connectivity index (χ3v) is 5.05. The molecular weight excluding hydrogens is 404 g/mol. The molecule has 0 radical (unpaired) electrons. The second kappa shape index (κ2) is 8.44. The molecule has 0 saturated carbocycles. The Balaban J connectivity index is 0.000000379. The number of fused-ring (bicyclic) bond motifs is 3. The maximum absolute atomic E-state index is 3.67. The summed E-state index contributed by atoms with van der Waals surface area (Å²) in [4.78, 5) is 0. The van der Waals surface area contributed by atoms with Gasteiger partial charge in [0.15, 0.2) is 0 Å². The van der Waals surface area contributed by atoms with E-state index in [0.29, 0.717) is 0 Å². The Morgan fingerprint density at radius 2 is 1.56 bits per heavy atom. The maximum Gasteiger partial charge on any atom is 2.00 e. The Bertz CT molecular complexity index is 783. The van der Waals surface area contributed by atoms with Gasteiger partial charge in [-0.1, -0.05) is 65.3 Å². The molecular formula is C26H30Zr. The minimum atomic E-state index is 0. The molecule has 0 bridgehead atoms. The Labute approximate surface area is 184 Å². The second-order valence-electron chi connectivity index (χ2n) is 9.32. The van der Waals surface area contributed by atoms with Gasteiger partial charge in [-0.25, -0.2) is 12.2 Å². The van der Waals surface area contributed by atoms with Crippen molar-refractivity contribution in [3.05, 3.63) is 83.0 Å². The van der Waals surface area contributed by atoms with Gasteiger partial charge in [-0.15, -0.1) is 17.5 Å². The van der Waals surface area contributed by atoms with Gasteiger partial charge < -0.3 is 0 Å². The SMILES string of the molecule is CC(C)(C)c1[c-]c2c(cc1)-c1ccc(C(C)(C)C)cc1C2.[C-]1=CC=CC1.[Zr+2]. The maximum atomic E-state index is 3.67. The van der Waals surface area contributed by atoms with E-state index in [-0.39, 0.29) is 37.0 Å². The predicted octanol–water partition coefficient (Wildman–Crippen LogP) is 6.96. The van der Waals surface area contributed by atoms with Crippen molar-refractivity contribution in [1.29, 1.82) is 0 Å². The van der Waals surface area contributed by atoms with E-state index in [1.807, 2.05) is 12.2 Å². The van der Waals surface area contributed by atoms with Gasteiger partial charge in [0.1, 0.15) is 0 Å². The molecule has 0 unspecified atom stereocenters. The van der Waals surface area contributed by atoms with Gasteiger partial charge in [-0.3, -0.25) is 6.08 Å². The van der Waals surface area contributed by atoms with Crippen LogP contribution in [-0.4, -0.2) is 0 Å². The van der Waals surface area contributed by atoms with Crippen molar-refractivity contribution in [1.82, 2.24) is 0 Å². The number of rotatable bonds is 0. The number of allylic oxidation sites excluding steroid dienone is 4. The van der Waals surface area contributed by atoms with Gasteiger partial charge >= 0.3 is 26.2 Å².